The number of furan rings is 1. The lowest BCUT2D eigenvalue weighted by Gasteiger charge is -2.07. The molecule has 1 rings (SSSR count). The number of hydrogen-bond donors (Lipinski definition) is 0. The van der Waals surface area contributed by atoms with Gasteiger partial charge in [-0.3, -0.25) is 14.4 Å². The van der Waals surface area contributed by atoms with Gasteiger partial charge in [0.05, 0.1) is 13.4 Å². The Labute approximate surface area is 86.0 Å². The number of carbonyl (C=O) groups is 3. The molecule has 0 saturated heterocycles. The van der Waals surface area contributed by atoms with Crippen LogP contribution in [0.3, 0.4) is 0 Å². The van der Waals surface area contributed by atoms with Crippen LogP contribution >= 0.6 is 0 Å². The molecule has 0 saturated carbocycles. The molecule has 0 aromatic carbocycles. The molecule has 5 heteroatoms. The molecule has 1 unspecified atom stereocenters. The number of Topliss-reactive ketones (excluding diaryl/α,β-unsaturated/α-hetero) is 2. The average Bonchev–Trinajstić information content (AvgIpc) is 2.69. The summed E-state index contributed by atoms with van der Waals surface area (Å²) < 4.78 is 9.18. The Morgan fingerprint density at radius 1 is 1.40 bits per heavy atom. The zero-order valence-electron chi connectivity index (χ0n) is 8.35. The van der Waals surface area contributed by atoms with E-state index in [1.54, 1.807) is 0 Å². The van der Waals surface area contributed by atoms with E-state index < -0.39 is 23.5 Å². The Hall–Kier alpha value is -1.91. The van der Waals surface area contributed by atoms with E-state index in [2.05, 4.69) is 4.74 Å². The summed E-state index contributed by atoms with van der Waals surface area (Å²) >= 11 is 0. The van der Waals surface area contributed by atoms with Crippen molar-refractivity contribution < 1.29 is 23.5 Å². The van der Waals surface area contributed by atoms with E-state index in [0.717, 1.165) is 14.0 Å². The fourth-order valence-electron chi connectivity index (χ4n) is 1.14. The van der Waals surface area contributed by atoms with Crippen molar-refractivity contribution in [3.8, 4) is 0 Å². The van der Waals surface area contributed by atoms with Crippen LogP contribution in [-0.4, -0.2) is 24.6 Å². The third-order valence-corrected chi connectivity index (χ3v) is 1.87. The van der Waals surface area contributed by atoms with Crippen molar-refractivity contribution in [2.45, 2.75) is 6.92 Å². The van der Waals surface area contributed by atoms with Gasteiger partial charge in [-0.25, -0.2) is 0 Å². The van der Waals surface area contributed by atoms with Crippen LogP contribution < -0.4 is 0 Å². The van der Waals surface area contributed by atoms with Crippen LogP contribution in [0, 0.1) is 5.92 Å². The monoisotopic (exact) mass is 210 g/mol. The molecule has 0 aliphatic heterocycles. The van der Waals surface area contributed by atoms with Crippen molar-refractivity contribution in [2.75, 3.05) is 7.11 Å². The molecule has 5 nitrogen and oxygen atoms in total. The standard InChI is InChI=1S/C10H10O5/c1-6(11)8(10(13)14-2)9(12)7-4-3-5-15-7/h3-5,8H,1-2H3. The van der Waals surface area contributed by atoms with Gasteiger partial charge < -0.3 is 9.15 Å². The van der Waals surface area contributed by atoms with Crippen LogP contribution in [0.2, 0.25) is 0 Å². The lowest BCUT2D eigenvalue weighted by Crippen LogP contribution is -2.31. The van der Waals surface area contributed by atoms with E-state index in [1.165, 1.54) is 18.4 Å². The maximum Gasteiger partial charge on any atom is 0.324 e. The fraction of sp³-hybridized carbons (Fsp3) is 0.300. The maximum absolute atomic E-state index is 11.6. The van der Waals surface area contributed by atoms with Gasteiger partial charge in [-0.1, -0.05) is 0 Å². The highest BCUT2D eigenvalue weighted by Crippen LogP contribution is 2.12. The number of esters is 1. The molecule has 0 amide bonds. The summed E-state index contributed by atoms with van der Waals surface area (Å²) in [4.78, 5) is 33.9. The normalized spacial score (nSPS) is 11.9. The Kier molecular flexibility index (Phi) is 3.38. The Balaban J connectivity index is 2.96. The summed E-state index contributed by atoms with van der Waals surface area (Å²) in [5, 5.41) is 0. The molecule has 1 heterocycles. The lowest BCUT2D eigenvalue weighted by molar-refractivity contribution is -0.146. The minimum atomic E-state index is -1.43. The molecule has 15 heavy (non-hydrogen) atoms. The van der Waals surface area contributed by atoms with E-state index in [0.29, 0.717) is 0 Å². The van der Waals surface area contributed by atoms with Gasteiger partial charge >= 0.3 is 5.97 Å². The Morgan fingerprint density at radius 3 is 2.47 bits per heavy atom. The summed E-state index contributed by atoms with van der Waals surface area (Å²) in [6.45, 7) is 1.16. The first-order chi connectivity index (χ1) is 7.07. The minimum absolute atomic E-state index is 0.0272. The summed E-state index contributed by atoms with van der Waals surface area (Å²) in [7, 11) is 1.12. The molecule has 1 aromatic heterocycles. The van der Waals surface area contributed by atoms with Gasteiger partial charge in [0, 0.05) is 0 Å². The van der Waals surface area contributed by atoms with E-state index >= 15 is 0 Å². The summed E-state index contributed by atoms with van der Waals surface area (Å²) in [5.74, 6) is -3.58. The number of ether oxygens (including phenoxy) is 1. The number of hydrogen-bond acceptors (Lipinski definition) is 5. The highest BCUT2D eigenvalue weighted by molar-refractivity contribution is 6.21. The van der Waals surface area contributed by atoms with Gasteiger partial charge in [0.2, 0.25) is 5.78 Å². The van der Waals surface area contributed by atoms with Crippen molar-refractivity contribution in [1.82, 2.24) is 0 Å². The van der Waals surface area contributed by atoms with Gasteiger partial charge in [0.15, 0.2) is 17.5 Å². The Bertz CT molecular complexity index is 377. The molecule has 0 N–H and O–H groups in total. The van der Waals surface area contributed by atoms with E-state index in [4.69, 9.17) is 4.42 Å². The SMILES string of the molecule is COC(=O)C(C(C)=O)C(=O)c1ccco1. The second kappa shape index (κ2) is 4.54. The summed E-state index contributed by atoms with van der Waals surface area (Å²) in [6, 6.07) is 2.89. The smallest absolute Gasteiger partial charge is 0.324 e. The molecular formula is C10H10O5. The third kappa shape index (κ3) is 2.31. The number of methoxy groups -OCH3 is 1. The number of rotatable bonds is 4. The topological polar surface area (TPSA) is 73.6 Å². The van der Waals surface area contributed by atoms with E-state index in [9.17, 15) is 14.4 Å². The molecule has 80 valence electrons. The predicted octanol–water partition coefficient (Wildman–Crippen LogP) is 0.840. The van der Waals surface area contributed by atoms with Crippen molar-refractivity contribution in [2.24, 2.45) is 5.92 Å². The molecule has 0 aliphatic rings. The van der Waals surface area contributed by atoms with Gasteiger partial charge in [-0.2, -0.15) is 0 Å². The van der Waals surface area contributed by atoms with Crippen LogP contribution in [0.1, 0.15) is 17.5 Å². The molecular weight excluding hydrogens is 200 g/mol. The van der Waals surface area contributed by atoms with Crippen LogP contribution in [0.25, 0.3) is 0 Å². The van der Waals surface area contributed by atoms with Gasteiger partial charge in [0.25, 0.3) is 0 Å². The molecule has 0 bridgehead atoms. The third-order valence-electron chi connectivity index (χ3n) is 1.87. The zero-order valence-corrected chi connectivity index (χ0v) is 8.35. The van der Waals surface area contributed by atoms with Crippen molar-refractivity contribution >= 4 is 17.5 Å². The largest absolute Gasteiger partial charge is 0.468 e. The highest BCUT2D eigenvalue weighted by Gasteiger charge is 2.34. The maximum atomic E-state index is 11.6. The summed E-state index contributed by atoms with van der Waals surface area (Å²) in [6.07, 6.45) is 1.29. The molecule has 0 aliphatic carbocycles. The second-order valence-electron chi connectivity index (χ2n) is 2.91. The van der Waals surface area contributed by atoms with Crippen LogP contribution in [0.15, 0.2) is 22.8 Å². The first-order valence-electron chi connectivity index (χ1n) is 4.24. The van der Waals surface area contributed by atoms with Crippen LogP contribution in [0.5, 0.6) is 0 Å². The first kappa shape index (κ1) is 11.2. The second-order valence-corrected chi connectivity index (χ2v) is 2.91. The average molecular weight is 210 g/mol. The van der Waals surface area contributed by atoms with Crippen LogP contribution in [0.4, 0.5) is 0 Å². The summed E-state index contributed by atoms with van der Waals surface area (Å²) in [5.41, 5.74) is 0. The van der Waals surface area contributed by atoms with Crippen molar-refractivity contribution in [3.63, 3.8) is 0 Å². The Morgan fingerprint density at radius 2 is 2.07 bits per heavy atom. The number of ketones is 2. The molecule has 0 fully saturated rings. The van der Waals surface area contributed by atoms with Crippen molar-refractivity contribution in [1.29, 1.82) is 0 Å². The van der Waals surface area contributed by atoms with E-state index in [-0.39, 0.29) is 5.76 Å². The van der Waals surface area contributed by atoms with Gasteiger partial charge in [0.1, 0.15) is 0 Å². The zero-order chi connectivity index (χ0) is 11.4. The number of carbonyl (C=O) groups excluding carboxylic acids is 3. The molecule has 1 atom stereocenters. The quantitative estimate of drug-likeness (QED) is 0.418. The van der Waals surface area contributed by atoms with Gasteiger partial charge in [-0.15, -0.1) is 0 Å². The highest BCUT2D eigenvalue weighted by atomic mass is 16.5. The molecule has 1 aromatic rings. The first-order valence-corrected chi connectivity index (χ1v) is 4.24. The minimum Gasteiger partial charge on any atom is -0.468 e. The fourth-order valence-corrected chi connectivity index (χ4v) is 1.14. The van der Waals surface area contributed by atoms with E-state index in [1.807, 2.05) is 0 Å². The van der Waals surface area contributed by atoms with Gasteiger partial charge in [-0.05, 0) is 19.1 Å². The lowest BCUT2D eigenvalue weighted by atomic mass is 9.98. The molecule has 0 radical (unpaired) electrons. The predicted molar refractivity (Wildman–Crippen MR) is 49.2 cm³/mol. The molecule has 0 spiro atoms. The van der Waals surface area contributed by atoms with Crippen molar-refractivity contribution in [3.05, 3.63) is 24.2 Å². The van der Waals surface area contributed by atoms with Crippen LogP contribution in [-0.2, 0) is 14.3 Å².